The van der Waals surface area contributed by atoms with Crippen LogP contribution in [-0.4, -0.2) is 49.4 Å². The molecule has 8 nitrogen and oxygen atoms in total. The van der Waals surface area contributed by atoms with Gasteiger partial charge in [0.2, 0.25) is 5.95 Å². The van der Waals surface area contributed by atoms with Gasteiger partial charge in [-0.05, 0) is 36.8 Å². The third kappa shape index (κ3) is 4.08. The van der Waals surface area contributed by atoms with E-state index in [1.807, 2.05) is 48.7 Å². The summed E-state index contributed by atoms with van der Waals surface area (Å²) in [6, 6.07) is 13.0. The van der Waals surface area contributed by atoms with E-state index in [1.54, 1.807) is 30.4 Å². The molecule has 0 spiro atoms. The summed E-state index contributed by atoms with van der Waals surface area (Å²) in [5, 5.41) is 16.9. The van der Waals surface area contributed by atoms with E-state index in [0.29, 0.717) is 30.2 Å². The van der Waals surface area contributed by atoms with Gasteiger partial charge in [-0.15, -0.1) is 11.3 Å². The van der Waals surface area contributed by atoms with Crippen molar-refractivity contribution in [3.8, 4) is 22.0 Å². The summed E-state index contributed by atoms with van der Waals surface area (Å²) in [5.41, 5.74) is 3.14. The zero-order chi connectivity index (χ0) is 23.0. The average Bonchev–Trinajstić information content (AvgIpc) is 3.42. The second kappa shape index (κ2) is 8.34. The average molecular weight is 459 g/mol. The molecule has 1 amide bonds. The molecule has 4 heterocycles. The molecule has 0 unspecified atom stereocenters. The molecule has 2 N–H and O–H groups in total. The van der Waals surface area contributed by atoms with Crippen molar-refractivity contribution >= 4 is 28.9 Å². The highest BCUT2D eigenvalue weighted by Gasteiger charge is 2.45. The molecule has 166 valence electrons. The minimum absolute atomic E-state index is 0.273. The maximum Gasteiger partial charge on any atom is 0.258 e. The summed E-state index contributed by atoms with van der Waals surface area (Å²) in [7, 11) is 1.71. The number of rotatable bonds is 5. The number of aromatic nitrogens is 4. The number of likely N-dealkylation sites (tertiary alicyclic amines) is 1. The SMILES string of the molecule is Cc1cc(Nc2nccc(-c3csc(-c4cccc([C@]5(O)CCN(C)C5=O)c4)n3)n2)ccn1. The van der Waals surface area contributed by atoms with Crippen molar-refractivity contribution in [3.63, 3.8) is 0 Å². The second-order valence-corrected chi connectivity index (χ2v) is 8.89. The normalized spacial score (nSPS) is 18.0. The largest absolute Gasteiger partial charge is 0.375 e. The van der Waals surface area contributed by atoms with E-state index >= 15 is 0 Å². The number of pyridine rings is 1. The molecular formula is C24H22N6O2S. The van der Waals surface area contributed by atoms with Gasteiger partial charge in [-0.3, -0.25) is 9.78 Å². The van der Waals surface area contributed by atoms with Crippen LogP contribution in [0.25, 0.3) is 22.0 Å². The lowest BCUT2D eigenvalue weighted by Crippen LogP contribution is -2.36. The fraction of sp³-hybridized carbons (Fsp3) is 0.208. The fourth-order valence-electron chi connectivity index (χ4n) is 3.87. The number of hydrogen-bond acceptors (Lipinski definition) is 8. The maximum atomic E-state index is 12.5. The first kappa shape index (κ1) is 21.2. The van der Waals surface area contributed by atoms with Gasteiger partial charge in [0.25, 0.3) is 5.91 Å². The lowest BCUT2D eigenvalue weighted by atomic mass is 9.91. The van der Waals surface area contributed by atoms with Crippen LogP contribution in [0.15, 0.2) is 60.2 Å². The van der Waals surface area contributed by atoms with Crippen LogP contribution >= 0.6 is 11.3 Å². The summed E-state index contributed by atoms with van der Waals surface area (Å²) >= 11 is 1.48. The van der Waals surface area contributed by atoms with E-state index in [-0.39, 0.29) is 5.91 Å². The smallest absolute Gasteiger partial charge is 0.258 e. The van der Waals surface area contributed by atoms with Gasteiger partial charge in [0, 0.05) is 54.7 Å². The molecule has 33 heavy (non-hydrogen) atoms. The minimum atomic E-state index is -1.48. The molecule has 9 heteroatoms. The van der Waals surface area contributed by atoms with E-state index < -0.39 is 5.60 Å². The third-order valence-corrected chi connectivity index (χ3v) is 6.56. The zero-order valence-electron chi connectivity index (χ0n) is 18.2. The number of hydrogen-bond donors (Lipinski definition) is 2. The van der Waals surface area contributed by atoms with Crippen LogP contribution in [0.1, 0.15) is 17.7 Å². The predicted octanol–water partition coefficient (Wildman–Crippen LogP) is 3.76. The lowest BCUT2D eigenvalue weighted by Gasteiger charge is -2.21. The molecule has 0 bridgehead atoms. The van der Waals surface area contributed by atoms with E-state index in [0.717, 1.165) is 27.6 Å². The van der Waals surface area contributed by atoms with Crippen LogP contribution < -0.4 is 5.32 Å². The Morgan fingerprint density at radius 3 is 2.73 bits per heavy atom. The molecule has 1 atom stereocenters. The summed E-state index contributed by atoms with van der Waals surface area (Å²) in [5.74, 6) is 0.200. The molecule has 1 aliphatic rings. The molecule has 1 aromatic carbocycles. The Morgan fingerprint density at radius 1 is 1.09 bits per heavy atom. The van der Waals surface area contributed by atoms with Crippen molar-refractivity contribution < 1.29 is 9.90 Å². The molecule has 1 fully saturated rings. The molecule has 1 saturated heterocycles. The van der Waals surface area contributed by atoms with Crippen molar-refractivity contribution in [2.45, 2.75) is 18.9 Å². The van der Waals surface area contributed by atoms with Gasteiger partial charge >= 0.3 is 0 Å². The van der Waals surface area contributed by atoms with Crippen molar-refractivity contribution in [3.05, 3.63) is 71.5 Å². The second-order valence-electron chi connectivity index (χ2n) is 8.03. The van der Waals surface area contributed by atoms with Crippen LogP contribution in [0.2, 0.25) is 0 Å². The minimum Gasteiger partial charge on any atom is -0.375 e. The van der Waals surface area contributed by atoms with Crippen molar-refractivity contribution in [2.24, 2.45) is 0 Å². The van der Waals surface area contributed by atoms with Crippen molar-refractivity contribution in [1.82, 2.24) is 24.8 Å². The van der Waals surface area contributed by atoms with Crippen LogP contribution in [0.4, 0.5) is 11.6 Å². The number of benzene rings is 1. The Hall–Kier alpha value is -3.69. The number of amides is 1. The van der Waals surface area contributed by atoms with Gasteiger partial charge in [-0.25, -0.2) is 15.0 Å². The number of carbonyl (C=O) groups is 1. The topological polar surface area (TPSA) is 104 Å². The van der Waals surface area contributed by atoms with E-state index in [1.165, 1.54) is 11.3 Å². The maximum absolute atomic E-state index is 12.5. The number of thiazole rings is 1. The lowest BCUT2D eigenvalue weighted by molar-refractivity contribution is -0.143. The molecule has 0 aliphatic carbocycles. The summed E-state index contributed by atoms with van der Waals surface area (Å²) in [4.78, 5) is 31.9. The van der Waals surface area contributed by atoms with Gasteiger partial charge in [-0.1, -0.05) is 18.2 Å². The van der Waals surface area contributed by atoms with E-state index in [2.05, 4.69) is 20.3 Å². The number of nitrogens with one attached hydrogen (secondary N) is 1. The summed E-state index contributed by atoms with van der Waals surface area (Å²) < 4.78 is 0. The predicted molar refractivity (Wildman–Crippen MR) is 127 cm³/mol. The Labute approximate surface area is 195 Å². The Kier molecular flexibility index (Phi) is 5.35. The molecule has 0 saturated carbocycles. The first-order valence-electron chi connectivity index (χ1n) is 10.5. The number of likely N-dealkylation sites (N-methyl/N-ethyl adjacent to an activating group) is 1. The quantitative estimate of drug-likeness (QED) is 0.469. The van der Waals surface area contributed by atoms with Crippen LogP contribution in [0.5, 0.6) is 0 Å². The number of aryl methyl sites for hydroxylation is 1. The highest BCUT2D eigenvalue weighted by Crippen LogP contribution is 2.36. The highest BCUT2D eigenvalue weighted by molar-refractivity contribution is 7.13. The molecule has 0 radical (unpaired) electrons. The van der Waals surface area contributed by atoms with Gasteiger partial charge in [0.05, 0.1) is 5.69 Å². The Bertz CT molecular complexity index is 1340. The standard InChI is InChI=1S/C24H22N6O2S/c1-15-12-18(6-9-25-15)27-23-26-10-7-19(29-23)20-14-33-21(28-20)16-4-3-5-17(13-16)24(32)8-11-30(2)22(24)31/h3-7,9-10,12-14,32H,8,11H2,1-2H3,(H,25,26,27,29)/t24-/m1/s1. The first-order valence-corrected chi connectivity index (χ1v) is 11.4. The highest BCUT2D eigenvalue weighted by atomic mass is 32.1. The van der Waals surface area contributed by atoms with Crippen LogP contribution in [0.3, 0.4) is 0 Å². The molecule has 4 aromatic rings. The first-order chi connectivity index (χ1) is 15.9. The Morgan fingerprint density at radius 2 is 1.94 bits per heavy atom. The summed E-state index contributed by atoms with van der Waals surface area (Å²) in [6.45, 7) is 2.46. The summed E-state index contributed by atoms with van der Waals surface area (Å²) in [6.07, 6.45) is 3.80. The third-order valence-electron chi connectivity index (χ3n) is 5.67. The van der Waals surface area contributed by atoms with E-state index in [4.69, 9.17) is 4.98 Å². The van der Waals surface area contributed by atoms with Gasteiger partial charge < -0.3 is 15.3 Å². The number of carbonyl (C=O) groups excluding carboxylic acids is 1. The molecular weight excluding hydrogens is 436 g/mol. The van der Waals surface area contributed by atoms with Gasteiger partial charge in [0.1, 0.15) is 10.7 Å². The van der Waals surface area contributed by atoms with Gasteiger partial charge in [0.15, 0.2) is 5.60 Å². The molecule has 5 rings (SSSR count). The molecule has 1 aliphatic heterocycles. The Balaban J connectivity index is 1.41. The number of nitrogens with zero attached hydrogens (tertiary/aromatic N) is 5. The van der Waals surface area contributed by atoms with E-state index in [9.17, 15) is 9.90 Å². The van der Waals surface area contributed by atoms with Crippen LogP contribution in [0, 0.1) is 6.92 Å². The number of anilines is 2. The van der Waals surface area contributed by atoms with Crippen molar-refractivity contribution in [2.75, 3.05) is 18.9 Å². The number of aliphatic hydroxyl groups is 1. The monoisotopic (exact) mass is 458 g/mol. The fourth-order valence-corrected chi connectivity index (χ4v) is 4.68. The van der Waals surface area contributed by atoms with Gasteiger partial charge in [-0.2, -0.15) is 0 Å². The zero-order valence-corrected chi connectivity index (χ0v) is 19.0. The van der Waals surface area contributed by atoms with Crippen LogP contribution in [-0.2, 0) is 10.4 Å². The molecule has 3 aromatic heterocycles. The van der Waals surface area contributed by atoms with Crippen molar-refractivity contribution in [1.29, 1.82) is 0 Å².